The number of halogens is 1. The van der Waals surface area contributed by atoms with Gasteiger partial charge in [-0.15, -0.1) is 0 Å². The van der Waals surface area contributed by atoms with Crippen LogP contribution in [0.3, 0.4) is 0 Å². The maximum absolute atomic E-state index is 12.9. The van der Waals surface area contributed by atoms with E-state index in [1.807, 2.05) is 41.5 Å². The molecule has 0 radical (unpaired) electrons. The zero-order valence-electron chi connectivity index (χ0n) is 47.3. The number of rotatable bonds is 19. The Kier molecular flexibility index (Phi) is 28.6. The fourth-order valence-corrected chi connectivity index (χ4v) is 11.3. The van der Waals surface area contributed by atoms with Gasteiger partial charge in [0.2, 0.25) is 53.2 Å². The zero-order valence-corrected chi connectivity index (χ0v) is 48.9. The third-order valence-electron chi connectivity index (χ3n) is 14.9. The molecule has 0 spiro atoms. The Bertz CT molecular complexity index is 2130. The summed E-state index contributed by atoms with van der Waals surface area (Å²) in [6, 6.07) is 2.32. The molecule has 6 rings (SSSR count). The number of amides is 9. The number of alkyl halides is 1. The predicted molar refractivity (Wildman–Crippen MR) is 297 cm³/mol. The molecule has 2 unspecified atom stereocenters. The van der Waals surface area contributed by atoms with Crippen LogP contribution in [0.25, 0.3) is 0 Å². The van der Waals surface area contributed by atoms with Crippen LogP contribution in [0.1, 0.15) is 138 Å². The molecule has 0 bridgehead atoms. The van der Waals surface area contributed by atoms with Gasteiger partial charge < -0.3 is 52.3 Å². The fraction of sp³-hybridized carbons (Fsp3) is 0.778. The lowest BCUT2D eigenvalue weighted by atomic mass is 10.0. The summed E-state index contributed by atoms with van der Waals surface area (Å²) < 4.78 is 0. The highest BCUT2D eigenvalue weighted by atomic mass is 79.9. The number of primary amides is 3. The first kappa shape index (κ1) is 67.3. The largest absolute Gasteiger partial charge is 0.368 e. The lowest BCUT2D eigenvalue weighted by Gasteiger charge is -2.29. The van der Waals surface area contributed by atoms with Gasteiger partial charge in [0.05, 0.1) is 54.8 Å². The van der Waals surface area contributed by atoms with Gasteiger partial charge in [0.15, 0.2) is 0 Å². The topological polar surface area (TPSA) is 373 Å². The molecule has 0 aromatic carbocycles. The molecular formula is C54H88BrN15O9. The summed E-state index contributed by atoms with van der Waals surface area (Å²) in [6.07, 6.45) is 10.8. The number of nitriles is 3. The number of nitrogens with zero attached hydrogens (tertiary/aromatic N) is 9. The van der Waals surface area contributed by atoms with Gasteiger partial charge in [-0.05, 0) is 114 Å². The van der Waals surface area contributed by atoms with Gasteiger partial charge in [-0.1, -0.05) is 57.5 Å². The van der Waals surface area contributed by atoms with Crippen molar-refractivity contribution in [3.05, 3.63) is 0 Å². The number of carbonyl (C=O) groups is 9. The van der Waals surface area contributed by atoms with Crippen molar-refractivity contribution >= 4 is 69.1 Å². The van der Waals surface area contributed by atoms with Gasteiger partial charge in [0.1, 0.15) is 36.3 Å². The van der Waals surface area contributed by atoms with Crippen molar-refractivity contribution in [2.24, 2.45) is 40.7 Å². The molecule has 0 aliphatic carbocycles. The summed E-state index contributed by atoms with van der Waals surface area (Å²) in [5, 5.41) is 33.3. The van der Waals surface area contributed by atoms with Crippen molar-refractivity contribution in [1.29, 1.82) is 15.8 Å². The molecule has 6 aliphatic heterocycles. The van der Waals surface area contributed by atoms with Crippen LogP contribution in [0.15, 0.2) is 0 Å². The van der Waals surface area contributed by atoms with Crippen molar-refractivity contribution in [3.63, 3.8) is 0 Å². The molecule has 9 amide bonds. The molecule has 24 nitrogen and oxygen atoms in total. The summed E-state index contributed by atoms with van der Waals surface area (Å²) in [7, 11) is 0. The second kappa shape index (κ2) is 33.6. The van der Waals surface area contributed by atoms with E-state index in [2.05, 4.69) is 44.8 Å². The highest BCUT2D eigenvalue weighted by Gasteiger charge is 2.40. The number of nitrogens with two attached hydrogens (primary N) is 4. The lowest BCUT2D eigenvalue weighted by Crippen LogP contribution is -2.53. The number of hydrogen-bond donors (Lipinski definition) is 6. The molecule has 6 heterocycles. The second-order valence-corrected chi connectivity index (χ2v) is 23.0. The van der Waals surface area contributed by atoms with E-state index in [4.69, 9.17) is 38.7 Å². The number of carbonyl (C=O) groups excluding carboxylic acids is 9. The second-order valence-electron chi connectivity index (χ2n) is 22.4. The van der Waals surface area contributed by atoms with Crippen molar-refractivity contribution in [1.82, 2.24) is 40.0 Å². The van der Waals surface area contributed by atoms with E-state index in [1.54, 1.807) is 24.5 Å². The maximum Gasteiger partial charge on any atom is 0.240 e. The lowest BCUT2D eigenvalue weighted by molar-refractivity contribution is -0.140. The first-order valence-electron chi connectivity index (χ1n) is 28.1. The molecule has 0 aromatic heterocycles. The number of hydrogen-bond acceptors (Lipinski definition) is 15. The SMILES string of the molecule is CC(C)CC(N)C(=O)N1CCC[C@H]1C(N)=O.CC(C)CC(NCC(=O)N1CCC[C@H]1C#N)C(=O)N1CCC[C@H]1C(N)=O.CC(C)C[C@H](NCC(=O)N1CCC[C@H]1C#N)C(=O)N1CCC[C@H]1C(N)=O.N#C[C@@H]1CCCN1C(=O)CBr. The summed E-state index contributed by atoms with van der Waals surface area (Å²) in [6.45, 7) is 15.6. The van der Waals surface area contributed by atoms with Gasteiger partial charge in [0.25, 0.3) is 0 Å². The molecule has 79 heavy (non-hydrogen) atoms. The van der Waals surface area contributed by atoms with Crippen LogP contribution in [0, 0.1) is 51.7 Å². The highest BCUT2D eigenvalue weighted by Crippen LogP contribution is 2.24. The van der Waals surface area contributed by atoms with Gasteiger partial charge in [-0.2, -0.15) is 15.8 Å². The van der Waals surface area contributed by atoms with Gasteiger partial charge in [0, 0.05) is 39.3 Å². The van der Waals surface area contributed by atoms with Crippen molar-refractivity contribution in [2.75, 3.05) is 57.7 Å². The summed E-state index contributed by atoms with van der Waals surface area (Å²) in [4.78, 5) is 118. The Morgan fingerprint density at radius 1 is 0.456 bits per heavy atom. The molecule has 0 saturated carbocycles. The monoisotopic (exact) mass is 1170 g/mol. The molecule has 10 N–H and O–H groups in total. The minimum atomic E-state index is -0.559. The molecule has 6 fully saturated rings. The normalized spacial score (nSPS) is 23.5. The van der Waals surface area contributed by atoms with Crippen LogP contribution < -0.4 is 33.6 Å². The predicted octanol–water partition coefficient (Wildman–Crippen LogP) is 0.695. The Labute approximate surface area is 475 Å². The standard InChI is InChI=1S/2C18H29N5O3.C11H21N3O2.C7H9BrN2O/c2*1-12(2)9-14(18(26)23-8-4-6-15(23)17(20)25)21-11-16(24)22-7-3-5-13(22)10-19;1-7(2)6-8(12)11(16)14-5-3-4-9(14)10(13)15;8-4-7(11)10-3-1-2-6(10)5-9/h2*12-15,21H,3-9,11H2,1-2H3,(H2,20,25);7-9H,3-6,12H2,1-2H3,(H2,13,15);6H,1-4H2/t13-,14?,15-;13-,14-,15-;8?,9-;6-/m0000/s1. The average molecular weight is 1170 g/mol. The third-order valence-corrected chi connectivity index (χ3v) is 15.4. The van der Waals surface area contributed by atoms with Crippen LogP contribution in [0.4, 0.5) is 0 Å². The summed E-state index contributed by atoms with van der Waals surface area (Å²) in [5.74, 6) is -1.32. The Hall–Kier alpha value is -5.94. The maximum atomic E-state index is 12.9. The minimum absolute atomic E-state index is 0.0103. The molecule has 0 aromatic rings. The van der Waals surface area contributed by atoms with Crippen molar-refractivity contribution in [2.45, 2.75) is 192 Å². The van der Waals surface area contributed by atoms with Crippen LogP contribution in [0.5, 0.6) is 0 Å². The molecule has 440 valence electrons. The minimum Gasteiger partial charge on any atom is -0.368 e. The van der Waals surface area contributed by atoms with E-state index >= 15 is 0 Å². The van der Waals surface area contributed by atoms with Gasteiger partial charge >= 0.3 is 0 Å². The molecule has 6 saturated heterocycles. The number of nitrogens with one attached hydrogen (secondary N) is 2. The van der Waals surface area contributed by atoms with E-state index in [0.717, 1.165) is 51.5 Å². The quantitative estimate of drug-likeness (QED) is 0.0970. The van der Waals surface area contributed by atoms with Gasteiger partial charge in [-0.25, -0.2) is 0 Å². The first-order chi connectivity index (χ1) is 37.4. The van der Waals surface area contributed by atoms with E-state index in [9.17, 15) is 43.2 Å². The Morgan fingerprint density at radius 2 is 0.734 bits per heavy atom. The third kappa shape index (κ3) is 20.3. The first-order valence-corrected chi connectivity index (χ1v) is 29.2. The smallest absolute Gasteiger partial charge is 0.240 e. The number of likely N-dealkylation sites (tertiary alicyclic amines) is 6. The van der Waals surface area contributed by atoms with E-state index in [1.165, 1.54) is 4.90 Å². The highest BCUT2D eigenvalue weighted by molar-refractivity contribution is 9.09. The van der Waals surface area contributed by atoms with Crippen LogP contribution >= 0.6 is 15.9 Å². The van der Waals surface area contributed by atoms with Crippen LogP contribution in [0.2, 0.25) is 0 Å². The van der Waals surface area contributed by atoms with Crippen molar-refractivity contribution < 1.29 is 43.2 Å². The van der Waals surface area contributed by atoms with E-state index in [0.29, 0.717) is 95.3 Å². The van der Waals surface area contributed by atoms with E-state index in [-0.39, 0.29) is 78.5 Å². The molecule has 9 atom stereocenters. The molecule has 6 aliphatic rings. The van der Waals surface area contributed by atoms with Gasteiger partial charge in [-0.3, -0.25) is 53.8 Å². The molecule has 25 heteroatoms. The summed E-state index contributed by atoms with van der Waals surface area (Å²) >= 11 is 3.08. The zero-order chi connectivity index (χ0) is 59.1. The Morgan fingerprint density at radius 3 is 1.01 bits per heavy atom. The average Bonchev–Trinajstić information content (AvgIpc) is 4.28. The summed E-state index contributed by atoms with van der Waals surface area (Å²) in [5.41, 5.74) is 21.9. The van der Waals surface area contributed by atoms with E-state index < -0.39 is 54.0 Å². The molecular weight excluding hydrogens is 1080 g/mol. The fourth-order valence-electron chi connectivity index (χ4n) is 11.0. The Balaban J connectivity index is 0.000000291. The van der Waals surface area contributed by atoms with Crippen LogP contribution in [-0.2, 0) is 43.2 Å². The van der Waals surface area contributed by atoms with Crippen LogP contribution in [-0.4, -0.2) is 195 Å². The van der Waals surface area contributed by atoms with Crippen molar-refractivity contribution in [3.8, 4) is 18.2 Å².